The lowest BCUT2D eigenvalue weighted by atomic mass is 10.0. The molecule has 3 N–H and O–H groups in total. The molecule has 0 spiro atoms. The predicted molar refractivity (Wildman–Crippen MR) is 70.6 cm³/mol. The van der Waals surface area contributed by atoms with Crippen molar-refractivity contribution < 1.29 is 4.74 Å². The van der Waals surface area contributed by atoms with Crippen LogP contribution in [0.1, 0.15) is 17.0 Å². The number of hydrogen-bond donors (Lipinski definition) is 2. The molecule has 0 aliphatic heterocycles. The van der Waals surface area contributed by atoms with E-state index in [9.17, 15) is 0 Å². The highest BCUT2D eigenvalue weighted by Gasteiger charge is 2.12. The highest BCUT2D eigenvalue weighted by molar-refractivity contribution is 5.64. The molecule has 0 saturated heterocycles. The van der Waals surface area contributed by atoms with Gasteiger partial charge >= 0.3 is 0 Å². The molecule has 5 nitrogen and oxygen atoms in total. The van der Waals surface area contributed by atoms with Crippen molar-refractivity contribution in [3.63, 3.8) is 0 Å². The molecule has 0 unspecified atom stereocenters. The zero-order valence-electron chi connectivity index (χ0n) is 10.9. The van der Waals surface area contributed by atoms with Gasteiger partial charge in [-0.2, -0.15) is 5.10 Å². The third kappa shape index (κ3) is 2.22. The molecule has 0 aliphatic rings. The molecule has 0 radical (unpaired) electrons. The van der Waals surface area contributed by atoms with Crippen LogP contribution < -0.4 is 10.5 Å². The summed E-state index contributed by atoms with van der Waals surface area (Å²) in [6, 6.07) is 3.92. The molecule has 96 valence electrons. The van der Waals surface area contributed by atoms with Crippen molar-refractivity contribution in [2.45, 2.75) is 20.3 Å². The van der Waals surface area contributed by atoms with Crippen LogP contribution in [0.15, 0.2) is 12.1 Å². The van der Waals surface area contributed by atoms with Crippen LogP contribution in [-0.2, 0) is 6.42 Å². The van der Waals surface area contributed by atoms with Gasteiger partial charge in [0, 0.05) is 12.0 Å². The van der Waals surface area contributed by atoms with Crippen LogP contribution in [0, 0.1) is 13.8 Å². The molecule has 0 saturated carbocycles. The van der Waals surface area contributed by atoms with Crippen LogP contribution >= 0.6 is 0 Å². The Hall–Kier alpha value is -1.88. The molecular formula is C13H18N4O. The summed E-state index contributed by atoms with van der Waals surface area (Å²) in [5, 5.41) is 7.14. The van der Waals surface area contributed by atoms with Gasteiger partial charge < -0.3 is 10.5 Å². The smallest absolute Gasteiger partial charge is 0.181 e. The van der Waals surface area contributed by atoms with E-state index >= 15 is 0 Å². The highest BCUT2D eigenvalue weighted by atomic mass is 16.5. The first-order valence-electron chi connectivity index (χ1n) is 5.93. The minimum Gasteiger partial charge on any atom is -0.496 e. The second kappa shape index (κ2) is 5.18. The number of nitrogens with zero attached hydrogens (tertiary/aromatic N) is 2. The Kier molecular flexibility index (Phi) is 3.62. The van der Waals surface area contributed by atoms with Crippen molar-refractivity contribution in [2.75, 3.05) is 13.7 Å². The maximum atomic E-state index is 5.50. The van der Waals surface area contributed by atoms with Gasteiger partial charge in [-0.1, -0.05) is 0 Å². The average Bonchev–Trinajstić information content (AvgIpc) is 2.81. The fourth-order valence-corrected chi connectivity index (χ4v) is 1.92. The maximum Gasteiger partial charge on any atom is 0.181 e. The number of aromatic nitrogens is 3. The molecule has 0 aliphatic carbocycles. The van der Waals surface area contributed by atoms with Crippen LogP contribution in [0.5, 0.6) is 5.75 Å². The van der Waals surface area contributed by atoms with E-state index in [-0.39, 0.29) is 0 Å². The van der Waals surface area contributed by atoms with Gasteiger partial charge in [-0.15, -0.1) is 0 Å². The summed E-state index contributed by atoms with van der Waals surface area (Å²) in [6.07, 6.45) is 0.710. The van der Waals surface area contributed by atoms with E-state index in [0.717, 1.165) is 28.3 Å². The Morgan fingerprint density at radius 3 is 2.72 bits per heavy atom. The molecular weight excluding hydrogens is 228 g/mol. The molecule has 0 fully saturated rings. The summed E-state index contributed by atoms with van der Waals surface area (Å²) in [5.74, 6) is 2.41. The van der Waals surface area contributed by atoms with E-state index in [0.29, 0.717) is 18.8 Å². The summed E-state index contributed by atoms with van der Waals surface area (Å²) >= 11 is 0. The predicted octanol–water partition coefficient (Wildman–Crippen LogP) is 1.60. The van der Waals surface area contributed by atoms with Gasteiger partial charge in [-0.05, 0) is 43.7 Å². The summed E-state index contributed by atoms with van der Waals surface area (Å²) in [4.78, 5) is 4.44. The van der Waals surface area contributed by atoms with E-state index in [4.69, 9.17) is 10.5 Å². The number of ether oxygens (including phenoxy) is 1. The van der Waals surface area contributed by atoms with E-state index < -0.39 is 0 Å². The molecule has 18 heavy (non-hydrogen) atoms. The van der Waals surface area contributed by atoms with Crippen LogP contribution in [0.3, 0.4) is 0 Å². The van der Waals surface area contributed by atoms with Crippen molar-refractivity contribution in [1.82, 2.24) is 15.2 Å². The number of methoxy groups -OCH3 is 1. The maximum absolute atomic E-state index is 5.50. The first kappa shape index (κ1) is 12.6. The number of hydrogen-bond acceptors (Lipinski definition) is 4. The van der Waals surface area contributed by atoms with Gasteiger partial charge in [0.05, 0.1) is 7.11 Å². The third-order valence-corrected chi connectivity index (χ3v) is 3.11. The largest absolute Gasteiger partial charge is 0.496 e. The zero-order valence-corrected chi connectivity index (χ0v) is 10.9. The molecule has 2 aromatic rings. The SMILES string of the molecule is COc1ccc(-c2n[nH]c(CCN)n2)c(C)c1C. The summed E-state index contributed by atoms with van der Waals surface area (Å²) < 4.78 is 5.30. The molecule has 1 aromatic heterocycles. The molecule has 1 aromatic carbocycles. The standard InChI is InChI=1S/C13H18N4O/c1-8-9(2)11(18-3)5-4-10(8)13-15-12(6-7-14)16-17-13/h4-5H,6-7,14H2,1-3H3,(H,15,16,17). The van der Waals surface area contributed by atoms with Gasteiger partial charge in [0.25, 0.3) is 0 Å². The highest BCUT2D eigenvalue weighted by Crippen LogP contribution is 2.29. The van der Waals surface area contributed by atoms with Gasteiger partial charge in [0.15, 0.2) is 5.82 Å². The van der Waals surface area contributed by atoms with E-state index in [1.807, 2.05) is 26.0 Å². The Morgan fingerprint density at radius 2 is 2.06 bits per heavy atom. The number of H-pyrrole nitrogens is 1. The van der Waals surface area contributed by atoms with Gasteiger partial charge in [0.1, 0.15) is 11.6 Å². The summed E-state index contributed by atoms with van der Waals surface area (Å²) in [5.41, 5.74) is 8.76. The van der Waals surface area contributed by atoms with Crippen molar-refractivity contribution in [1.29, 1.82) is 0 Å². The molecule has 1 heterocycles. The average molecular weight is 246 g/mol. The fourth-order valence-electron chi connectivity index (χ4n) is 1.92. The second-order valence-corrected chi connectivity index (χ2v) is 4.21. The first-order chi connectivity index (χ1) is 8.67. The van der Waals surface area contributed by atoms with Crippen molar-refractivity contribution in [3.05, 3.63) is 29.1 Å². The third-order valence-electron chi connectivity index (χ3n) is 3.11. The zero-order chi connectivity index (χ0) is 13.1. The number of aromatic amines is 1. The molecule has 5 heteroatoms. The number of rotatable bonds is 4. The molecule has 0 bridgehead atoms. The molecule has 0 atom stereocenters. The topological polar surface area (TPSA) is 76.8 Å². The van der Waals surface area contributed by atoms with E-state index in [1.165, 1.54) is 0 Å². The minimum absolute atomic E-state index is 0.565. The fraction of sp³-hybridized carbons (Fsp3) is 0.385. The normalized spacial score (nSPS) is 10.7. The quantitative estimate of drug-likeness (QED) is 0.859. The minimum atomic E-state index is 0.565. The number of nitrogens with two attached hydrogens (primary N) is 1. The van der Waals surface area contributed by atoms with Crippen molar-refractivity contribution in [2.24, 2.45) is 5.73 Å². The lowest BCUT2D eigenvalue weighted by molar-refractivity contribution is 0.411. The Balaban J connectivity index is 2.41. The van der Waals surface area contributed by atoms with Crippen LogP contribution in [0.2, 0.25) is 0 Å². The van der Waals surface area contributed by atoms with Crippen LogP contribution in [0.4, 0.5) is 0 Å². The number of benzene rings is 1. The Bertz CT molecular complexity index is 548. The van der Waals surface area contributed by atoms with Crippen LogP contribution in [0.25, 0.3) is 11.4 Å². The lowest BCUT2D eigenvalue weighted by Gasteiger charge is -2.10. The van der Waals surface area contributed by atoms with E-state index in [2.05, 4.69) is 15.2 Å². The van der Waals surface area contributed by atoms with Crippen molar-refractivity contribution >= 4 is 0 Å². The van der Waals surface area contributed by atoms with Gasteiger partial charge in [-0.3, -0.25) is 5.10 Å². The van der Waals surface area contributed by atoms with E-state index in [1.54, 1.807) is 7.11 Å². The summed E-state index contributed by atoms with van der Waals surface area (Å²) in [6.45, 7) is 4.65. The summed E-state index contributed by atoms with van der Waals surface area (Å²) in [7, 11) is 1.67. The monoisotopic (exact) mass is 246 g/mol. The van der Waals surface area contributed by atoms with Gasteiger partial charge in [0.2, 0.25) is 0 Å². The lowest BCUT2D eigenvalue weighted by Crippen LogP contribution is -2.03. The van der Waals surface area contributed by atoms with Crippen molar-refractivity contribution in [3.8, 4) is 17.1 Å². The molecule has 2 rings (SSSR count). The Labute approximate surface area is 106 Å². The number of nitrogens with one attached hydrogen (secondary N) is 1. The Morgan fingerprint density at radius 1 is 1.28 bits per heavy atom. The van der Waals surface area contributed by atoms with Crippen LogP contribution in [-0.4, -0.2) is 28.8 Å². The molecule has 0 amide bonds. The first-order valence-corrected chi connectivity index (χ1v) is 5.93. The van der Waals surface area contributed by atoms with Gasteiger partial charge in [-0.25, -0.2) is 4.98 Å². The second-order valence-electron chi connectivity index (χ2n) is 4.21.